The molecule has 20 heavy (non-hydrogen) atoms. The molecular weight excluding hydrogens is 264 g/mol. The molecule has 3 heteroatoms. The molecule has 1 aliphatic carbocycles. The molecule has 2 aliphatic rings. The second-order valence-corrected chi connectivity index (χ2v) is 8.04. The quantitative estimate of drug-likeness (QED) is 0.888. The van der Waals surface area contributed by atoms with E-state index in [0.717, 1.165) is 0 Å². The molecule has 0 aromatic heterocycles. The van der Waals surface area contributed by atoms with Crippen LogP contribution in [0.5, 0.6) is 0 Å². The summed E-state index contributed by atoms with van der Waals surface area (Å²) in [5.74, 6) is 1.87. The van der Waals surface area contributed by atoms with Gasteiger partial charge in [0.2, 0.25) is 0 Å². The molecule has 1 saturated carbocycles. The Labute approximate surface area is 126 Å². The van der Waals surface area contributed by atoms with Crippen LogP contribution in [0.4, 0.5) is 0 Å². The van der Waals surface area contributed by atoms with Gasteiger partial charge >= 0.3 is 0 Å². The second kappa shape index (κ2) is 5.44. The van der Waals surface area contributed by atoms with Gasteiger partial charge in [-0.05, 0) is 23.8 Å². The number of hydrogen-bond donors (Lipinski definition) is 1. The average Bonchev–Trinajstić information content (AvgIpc) is 3.18. The molecule has 2 nitrogen and oxygen atoms in total. The molecule has 108 valence electrons. The summed E-state index contributed by atoms with van der Waals surface area (Å²) >= 11 is 1.89. The number of aliphatic imine (C=N–C) groups is 1. The molecule has 1 fully saturated rings. The van der Waals surface area contributed by atoms with E-state index < -0.39 is 0 Å². The van der Waals surface area contributed by atoms with Crippen LogP contribution in [0, 0.1) is 5.41 Å². The van der Waals surface area contributed by atoms with Crippen molar-refractivity contribution < 1.29 is 0 Å². The zero-order chi connectivity index (χ0) is 14.2. The SMILES string of the molecule is CC(C)(C)C1CCSC(NC2CC2c2ccccc2)=N1. The molecule has 1 heterocycles. The van der Waals surface area contributed by atoms with Crippen molar-refractivity contribution in [2.24, 2.45) is 10.4 Å². The number of nitrogens with zero attached hydrogens (tertiary/aromatic N) is 1. The Morgan fingerprint density at radius 1 is 1.20 bits per heavy atom. The number of thioether (sulfide) groups is 1. The number of hydrogen-bond acceptors (Lipinski definition) is 3. The van der Waals surface area contributed by atoms with Gasteiger partial charge in [0.1, 0.15) is 0 Å². The Bertz CT molecular complexity index is 489. The second-order valence-electron chi connectivity index (χ2n) is 6.96. The highest BCUT2D eigenvalue weighted by molar-refractivity contribution is 8.13. The fraction of sp³-hybridized carbons (Fsp3) is 0.588. The summed E-state index contributed by atoms with van der Waals surface area (Å²) < 4.78 is 0. The first-order valence-electron chi connectivity index (χ1n) is 7.56. The molecule has 0 amide bonds. The van der Waals surface area contributed by atoms with Gasteiger partial charge in [-0.3, -0.25) is 4.99 Å². The number of benzene rings is 1. The summed E-state index contributed by atoms with van der Waals surface area (Å²) in [4.78, 5) is 4.93. The summed E-state index contributed by atoms with van der Waals surface area (Å²) in [6.45, 7) is 6.87. The Kier molecular flexibility index (Phi) is 3.80. The summed E-state index contributed by atoms with van der Waals surface area (Å²) in [5.41, 5.74) is 1.73. The molecule has 3 unspecified atom stereocenters. The van der Waals surface area contributed by atoms with E-state index in [2.05, 4.69) is 56.4 Å². The maximum atomic E-state index is 4.93. The lowest BCUT2D eigenvalue weighted by Gasteiger charge is -2.31. The predicted octanol–water partition coefficient (Wildman–Crippen LogP) is 4.04. The molecule has 0 bridgehead atoms. The summed E-state index contributed by atoms with van der Waals surface area (Å²) in [6, 6.07) is 11.9. The molecule has 1 aliphatic heterocycles. The van der Waals surface area contributed by atoms with Crippen LogP contribution in [0.2, 0.25) is 0 Å². The molecule has 1 aromatic rings. The molecule has 1 aromatic carbocycles. The fourth-order valence-electron chi connectivity index (χ4n) is 2.80. The van der Waals surface area contributed by atoms with Crippen molar-refractivity contribution in [2.75, 3.05) is 5.75 Å². The average molecular weight is 288 g/mol. The van der Waals surface area contributed by atoms with Crippen molar-refractivity contribution in [3.8, 4) is 0 Å². The molecule has 0 radical (unpaired) electrons. The van der Waals surface area contributed by atoms with Gasteiger partial charge in [-0.1, -0.05) is 62.9 Å². The van der Waals surface area contributed by atoms with Gasteiger partial charge in [0.25, 0.3) is 0 Å². The molecule has 0 spiro atoms. The fourth-order valence-corrected chi connectivity index (χ4v) is 3.77. The third-order valence-corrected chi connectivity index (χ3v) is 5.17. The van der Waals surface area contributed by atoms with Crippen LogP contribution < -0.4 is 5.32 Å². The Hall–Kier alpha value is -0.960. The van der Waals surface area contributed by atoms with Gasteiger partial charge in [0.05, 0.1) is 6.04 Å². The van der Waals surface area contributed by atoms with E-state index in [1.165, 1.54) is 29.3 Å². The van der Waals surface area contributed by atoms with Gasteiger partial charge in [-0.15, -0.1) is 0 Å². The minimum atomic E-state index is 0.274. The number of amidine groups is 1. The molecule has 1 N–H and O–H groups in total. The third-order valence-electron chi connectivity index (χ3n) is 4.23. The van der Waals surface area contributed by atoms with Crippen molar-refractivity contribution in [1.82, 2.24) is 5.32 Å². The van der Waals surface area contributed by atoms with Crippen LogP contribution in [0.25, 0.3) is 0 Å². The highest BCUT2D eigenvalue weighted by Crippen LogP contribution is 2.41. The summed E-state index contributed by atoms with van der Waals surface area (Å²) in [6.07, 6.45) is 2.44. The highest BCUT2D eigenvalue weighted by Gasteiger charge is 2.39. The van der Waals surface area contributed by atoms with Crippen LogP contribution in [-0.4, -0.2) is 23.0 Å². The van der Waals surface area contributed by atoms with Crippen LogP contribution in [0.3, 0.4) is 0 Å². The van der Waals surface area contributed by atoms with E-state index >= 15 is 0 Å². The number of rotatable bonds is 2. The molecule has 3 rings (SSSR count). The van der Waals surface area contributed by atoms with E-state index in [4.69, 9.17) is 4.99 Å². The first-order chi connectivity index (χ1) is 9.54. The zero-order valence-electron chi connectivity index (χ0n) is 12.6. The van der Waals surface area contributed by atoms with Gasteiger partial charge < -0.3 is 5.32 Å². The Morgan fingerprint density at radius 3 is 2.65 bits per heavy atom. The van der Waals surface area contributed by atoms with Crippen LogP contribution in [-0.2, 0) is 0 Å². The van der Waals surface area contributed by atoms with E-state index in [-0.39, 0.29) is 5.41 Å². The minimum absolute atomic E-state index is 0.274. The lowest BCUT2D eigenvalue weighted by atomic mass is 9.85. The Morgan fingerprint density at radius 2 is 1.95 bits per heavy atom. The summed E-state index contributed by atoms with van der Waals surface area (Å²) in [7, 11) is 0. The third kappa shape index (κ3) is 3.20. The standard InChI is InChI=1S/C17H24N2S/c1-17(2,3)15-9-10-20-16(19-15)18-14-11-13(14)12-7-5-4-6-8-12/h4-8,13-15H,9-11H2,1-3H3,(H,18,19). The first-order valence-corrected chi connectivity index (χ1v) is 8.54. The minimum Gasteiger partial charge on any atom is -0.362 e. The normalized spacial score (nSPS) is 29.8. The summed E-state index contributed by atoms with van der Waals surface area (Å²) in [5, 5.41) is 4.82. The lowest BCUT2D eigenvalue weighted by molar-refractivity contribution is 0.315. The molecular formula is C17H24N2S. The highest BCUT2D eigenvalue weighted by atomic mass is 32.2. The molecule has 0 saturated heterocycles. The smallest absolute Gasteiger partial charge is 0.157 e. The van der Waals surface area contributed by atoms with Gasteiger partial charge in [-0.25, -0.2) is 0 Å². The van der Waals surface area contributed by atoms with Crippen molar-refractivity contribution in [2.45, 2.75) is 51.6 Å². The van der Waals surface area contributed by atoms with Crippen LogP contribution >= 0.6 is 11.8 Å². The van der Waals surface area contributed by atoms with Crippen molar-refractivity contribution >= 4 is 16.9 Å². The van der Waals surface area contributed by atoms with Gasteiger partial charge in [0.15, 0.2) is 5.17 Å². The first kappa shape index (κ1) is 14.0. The Balaban J connectivity index is 1.61. The van der Waals surface area contributed by atoms with E-state index in [9.17, 15) is 0 Å². The van der Waals surface area contributed by atoms with Crippen LogP contribution in [0.15, 0.2) is 35.3 Å². The van der Waals surface area contributed by atoms with Crippen molar-refractivity contribution in [3.05, 3.63) is 35.9 Å². The monoisotopic (exact) mass is 288 g/mol. The maximum absolute atomic E-state index is 4.93. The van der Waals surface area contributed by atoms with E-state index in [1.807, 2.05) is 11.8 Å². The van der Waals surface area contributed by atoms with E-state index in [0.29, 0.717) is 18.0 Å². The lowest BCUT2D eigenvalue weighted by Crippen LogP contribution is -2.34. The van der Waals surface area contributed by atoms with Crippen LogP contribution in [0.1, 0.15) is 45.1 Å². The maximum Gasteiger partial charge on any atom is 0.157 e. The van der Waals surface area contributed by atoms with E-state index in [1.54, 1.807) is 0 Å². The van der Waals surface area contributed by atoms with Crippen molar-refractivity contribution in [3.63, 3.8) is 0 Å². The van der Waals surface area contributed by atoms with Gasteiger partial charge in [0, 0.05) is 17.7 Å². The predicted molar refractivity (Wildman–Crippen MR) is 88.5 cm³/mol. The van der Waals surface area contributed by atoms with Gasteiger partial charge in [-0.2, -0.15) is 0 Å². The molecule has 3 atom stereocenters. The largest absolute Gasteiger partial charge is 0.362 e. The van der Waals surface area contributed by atoms with Crippen molar-refractivity contribution in [1.29, 1.82) is 0 Å². The number of nitrogens with one attached hydrogen (secondary N) is 1. The topological polar surface area (TPSA) is 24.4 Å². The zero-order valence-corrected chi connectivity index (χ0v) is 13.4.